The Morgan fingerprint density at radius 2 is 1.95 bits per heavy atom. The Hall–Kier alpha value is -1.68. The van der Waals surface area contributed by atoms with Crippen molar-refractivity contribution in [1.82, 2.24) is 5.16 Å². The monoisotopic (exact) mass is 277 g/mol. The average Bonchev–Trinajstić information content (AvgIpc) is 2.86. The zero-order valence-electron chi connectivity index (χ0n) is 10.6. The summed E-state index contributed by atoms with van der Waals surface area (Å²) in [6.07, 6.45) is 5.39. The van der Waals surface area contributed by atoms with Gasteiger partial charge in [-0.15, -0.1) is 0 Å². The third-order valence-corrected chi connectivity index (χ3v) is 3.78. The molecule has 4 nitrogen and oxygen atoms in total. The maximum atomic E-state index is 6.11. The molecule has 2 aromatic rings. The first-order valence-electron chi connectivity index (χ1n) is 6.51. The Morgan fingerprint density at radius 1 is 1.16 bits per heavy atom. The normalized spacial score (nSPS) is 15.7. The molecule has 1 aliphatic rings. The van der Waals surface area contributed by atoms with E-state index in [1.54, 1.807) is 6.20 Å². The van der Waals surface area contributed by atoms with E-state index >= 15 is 0 Å². The van der Waals surface area contributed by atoms with Gasteiger partial charge in [-0.05, 0) is 37.5 Å². The van der Waals surface area contributed by atoms with E-state index in [1.165, 1.54) is 19.3 Å². The van der Waals surface area contributed by atoms with E-state index in [-0.39, 0.29) is 0 Å². The molecule has 1 aromatic heterocycles. The Labute approximate surface area is 117 Å². The Kier molecular flexibility index (Phi) is 3.34. The first kappa shape index (κ1) is 12.4. The van der Waals surface area contributed by atoms with Crippen molar-refractivity contribution < 1.29 is 4.52 Å². The summed E-state index contributed by atoms with van der Waals surface area (Å²) < 4.78 is 4.97. The van der Waals surface area contributed by atoms with E-state index in [0.717, 1.165) is 29.9 Å². The van der Waals surface area contributed by atoms with Gasteiger partial charge in [0.05, 0.1) is 11.8 Å². The maximum Gasteiger partial charge on any atom is 0.230 e. The molecule has 1 fully saturated rings. The van der Waals surface area contributed by atoms with Crippen LogP contribution in [-0.2, 0) is 0 Å². The average molecular weight is 278 g/mol. The van der Waals surface area contributed by atoms with Gasteiger partial charge in [-0.3, -0.25) is 0 Å². The Balaban J connectivity index is 2.06. The molecule has 2 N–H and O–H groups in total. The summed E-state index contributed by atoms with van der Waals surface area (Å²) in [6.45, 7) is 2.14. The molecule has 0 atom stereocenters. The number of benzene rings is 1. The molecule has 1 aromatic carbocycles. The predicted molar refractivity (Wildman–Crippen MR) is 77.4 cm³/mol. The van der Waals surface area contributed by atoms with Crippen LogP contribution in [0.15, 0.2) is 28.9 Å². The number of aromatic nitrogens is 1. The van der Waals surface area contributed by atoms with Crippen molar-refractivity contribution in [3.05, 3.63) is 29.4 Å². The smallest absolute Gasteiger partial charge is 0.230 e. The Bertz CT molecular complexity index is 576. The summed E-state index contributed by atoms with van der Waals surface area (Å²) in [7, 11) is 0. The van der Waals surface area contributed by atoms with Gasteiger partial charge in [0, 0.05) is 29.4 Å². The molecule has 0 saturated carbocycles. The van der Waals surface area contributed by atoms with E-state index in [9.17, 15) is 0 Å². The molecule has 0 amide bonds. The highest BCUT2D eigenvalue weighted by Crippen LogP contribution is 2.37. The summed E-state index contributed by atoms with van der Waals surface area (Å²) in [5.74, 6) is 0.334. The van der Waals surface area contributed by atoms with E-state index in [1.807, 2.05) is 12.1 Å². The van der Waals surface area contributed by atoms with Crippen molar-refractivity contribution in [2.24, 2.45) is 0 Å². The van der Waals surface area contributed by atoms with Gasteiger partial charge >= 0.3 is 0 Å². The first-order valence-corrected chi connectivity index (χ1v) is 6.88. The van der Waals surface area contributed by atoms with Gasteiger partial charge in [0.25, 0.3) is 0 Å². The molecular weight excluding hydrogens is 262 g/mol. The second kappa shape index (κ2) is 5.13. The number of halogens is 1. The highest BCUT2D eigenvalue weighted by Gasteiger charge is 2.18. The molecule has 0 spiro atoms. The molecule has 3 rings (SSSR count). The van der Waals surface area contributed by atoms with E-state index in [4.69, 9.17) is 21.9 Å². The highest BCUT2D eigenvalue weighted by molar-refractivity contribution is 6.31. The molecule has 0 radical (unpaired) electrons. The third-order valence-electron chi connectivity index (χ3n) is 3.54. The highest BCUT2D eigenvalue weighted by atomic mass is 35.5. The molecule has 2 heterocycles. The number of nitrogens with two attached hydrogens (primary N) is 1. The van der Waals surface area contributed by atoms with Gasteiger partial charge in [0.15, 0.2) is 0 Å². The second-order valence-electron chi connectivity index (χ2n) is 4.81. The van der Waals surface area contributed by atoms with Crippen LogP contribution < -0.4 is 10.6 Å². The Morgan fingerprint density at radius 3 is 2.63 bits per heavy atom. The summed E-state index contributed by atoms with van der Waals surface area (Å²) in [4.78, 5) is 2.38. The standard InChI is InChI=1S/C14H16ClN3O/c15-10-4-5-13(18-6-2-1-3-7-18)11(8-10)12-9-17-19-14(12)16/h4-5,8-9H,1-3,6-7,16H2. The summed E-state index contributed by atoms with van der Waals surface area (Å²) >= 11 is 6.11. The van der Waals surface area contributed by atoms with Crippen molar-refractivity contribution in [3.8, 4) is 11.1 Å². The molecule has 0 aliphatic carbocycles. The number of rotatable bonds is 2. The molecule has 19 heavy (non-hydrogen) atoms. The largest absolute Gasteiger partial charge is 0.371 e. The van der Waals surface area contributed by atoms with Crippen molar-refractivity contribution in [3.63, 3.8) is 0 Å². The lowest BCUT2D eigenvalue weighted by molar-refractivity contribution is 0.436. The molecule has 5 heteroatoms. The van der Waals surface area contributed by atoms with Gasteiger partial charge in [0.2, 0.25) is 5.88 Å². The first-order chi connectivity index (χ1) is 9.25. The minimum Gasteiger partial charge on any atom is -0.371 e. The SMILES string of the molecule is Nc1oncc1-c1cc(Cl)ccc1N1CCCCC1. The van der Waals surface area contributed by atoms with Gasteiger partial charge in [-0.25, -0.2) is 0 Å². The van der Waals surface area contributed by atoms with Crippen LogP contribution in [0.2, 0.25) is 5.02 Å². The number of piperidine rings is 1. The molecule has 0 unspecified atom stereocenters. The third kappa shape index (κ3) is 2.40. The maximum absolute atomic E-state index is 6.11. The van der Waals surface area contributed by atoms with Crippen molar-refractivity contribution in [2.45, 2.75) is 19.3 Å². The fourth-order valence-electron chi connectivity index (χ4n) is 2.59. The fraction of sp³-hybridized carbons (Fsp3) is 0.357. The molecule has 0 bridgehead atoms. The number of hydrogen-bond donors (Lipinski definition) is 1. The minimum atomic E-state index is 0.334. The molecular formula is C14H16ClN3O. The number of hydrogen-bond acceptors (Lipinski definition) is 4. The van der Waals surface area contributed by atoms with Crippen LogP contribution in [0.4, 0.5) is 11.6 Å². The topological polar surface area (TPSA) is 55.3 Å². The van der Waals surface area contributed by atoms with Gasteiger partial charge in [0.1, 0.15) is 0 Å². The second-order valence-corrected chi connectivity index (χ2v) is 5.25. The van der Waals surface area contributed by atoms with Crippen LogP contribution in [0.1, 0.15) is 19.3 Å². The molecule has 1 saturated heterocycles. The lowest BCUT2D eigenvalue weighted by Crippen LogP contribution is -2.29. The zero-order chi connectivity index (χ0) is 13.2. The number of anilines is 2. The van der Waals surface area contributed by atoms with E-state index < -0.39 is 0 Å². The van der Waals surface area contributed by atoms with Gasteiger partial charge in [-0.2, -0.15) is 0 Å². The van der Waals surface area contributed by atoms with Crippen LogP contribution >= 0.6 is 11.6 Å². The summed E-state index contributed by atoms with van der Waals surface area (Å²) in [5.41, 5.74) is 8.78. The van der Waals surface area contributed by atoms with Crippen LogP contribution in [0, 0.1) is 0 Å². The summed E-state index contributed by atoms with van der Waals surface area (Å²) in [6, 6.07) is 5.89. The lowest BCUT2D eigenvalue weighted by atomic mass is 10.0. The van der Waals surface area contributed by atoms with Crippen molar-refractivity contribution in [1.29, 1.82) is 0 Å². The summed E-state index contributed by atoms with van der Waals surface area (Å²) in [5, 5.41) is 4.44. The number of nitrogens with zero attached hydrogens (tertiary/aromatic N) is 2. The van der Waals surface area contributed by atoms with Crippen LogP contribution in [0.5, 0.6) is 0 Å². The van der Waals surface area contributed by atoms with Gasteiger partial charge in [-0.1, -0.05) is 16.8 Å². The number of nitrogen functional groups attached to an aromatic ring is 1. The van der Waals surface area contributed by atoms with Gasteiger partial charge < -0.3 is 15.2 Å². The predicted octanol–water partition coefficient (Wildman–Crippen LogP) is 3.57. The van der Waals surface area contributed by atoms with Crippen LogP contribution in [0.3, 0.4) is 0 Å². The fourth-order valence-corrected chi connectivity index (χ4v) is 2.76. The van der Waals surface area contributed by atoms with Crippen LogP contribution in [0.25, 0.3) is 11.1 Å². The minimum absolute atomic E-state index is 0.334. The van der Waals surface area contributed by atoms with Crippen molar-refractivity contribution in [2.75, 3.05) is 23.7 Å². The zero-order valence-corrected chi connectivity index (χ0v) is 11.4. The molecule has 1 aliphatic heterocycles. The van der Waals surface area contributed by atoms with E-state index in [2.05, 4.69) is 16.1 Å². The molecule has 100 valence electrons. The lowest BCUT2D eigenvalue weighted by Gasteiger charge is -2.30. The quantitative estimate of drug-likeness (QED) is 0.912. The van der Waals surface area contributed by atoms with E-state index in [0.29, 0.717) is 10.9 Å². The van der Waals surface area contributed by atoms with Crippen molar-refractivity contribution >= 4 is 23.2 Å². The van der Waals surface area contributed by atoms with Crippen LogP contribution in [-0.4, -0.2) is 18.2 Å².